The standard InChI is InChI=1S/C18H22N6/c1-3-20-17-12-14(2)21-18(22-17)24-10-8-23(9-11-24)16-6-4-15(13-19)5-7-16/h4-7,12H,3,8-11H2,1-2H3,(H,20,21,22). The number of piperazine rings is 1. The molecule has 1 aliphatic heterocycles. The van der Waals surface area contributed by atoms with Gasteiger partial charge in [-0.2, -0.15) is 10.2 Å². The Morgan fingerprint density at radius 1 is 1.08 bits per heavy atom. The SMILES string of the molecule is CCNc1cc(C)nc(N2CCN(c3ccc(C#N)cc3)CC2)n1. The summed E-state index contributed by atoms with van der Waals surface area (Å²) in [6, 6.07) is 11.9. The second-order valence-electron chi connectivity index (χ2n) is 5.86. The molecule has 2 aromatic rings. The van der Waals surface area contributed by atoms with E-state index in [-0.39, 0.29) is 0 Å². The van der Waals surface area contributed by atoms with E-state index in [1.54, 1.807) is 0 Å². The third kappa shape index (κ3) is 3.57. The normalized spacial score (nSPS) is 14.4. The largest absolute Gasteiger partial charge is 0.370 e. The molecule has 1 aliphatic rings. The number of aryl methyl sites for hydroxylation is 1. The van der Waals surface area contributed by atoms with Gasteiger partial charge in [-0.25, -0.2) is 4.98 Å². The van der Waals surface area contributed by atoms with Gasteiger partial charge in [0.15, 0.2) is 0 Å². The van der Waals surface area contributed by atoms with Crippen LogP contribution in [0.4, 0.5) is 17.5 Å². The van der Waals surface area contributed by atoms with Gasteiger partial charge in [-0.3, -0.25) is 0 Å². The van der Waals surface area contributed by atoms with Gasteiger partial charge in [0, 0.05) is 50.2 Å². The molecule has 0 unspecified atom stereocenters. The second kappa shape index (κ2) is 7.18. The predicted molar refractivity (Wildman–Crippen MR) is 96.5 cm³/mol. The Morgan fingerprint density at radius 2 is 1.75 bits per heavy atom. The Kier molecular flexibility index (Phi) is 4.80. The Balaban J connectivity index is 1.67. The van der Waals surface area contributed by atoms with Gasteiger partial charge < -0.3 is 15.1 Å². The number of nitrogens with zero attached hydrogens (tertiary/aromatic N) is 5. The Hall–Kier alpha value is -2.81. The number of hydrogen-bond acceptors (Lipinski definition) is 6. The van der Waals surface area contributed by atoms with E-state index in [9.17, 15) is 0 Å². The van der Waals surface area contributed by atoms with Crippen LogP contribution in [-0.2, 0) is 0 Å². The van der Waals surface area contributed by atoms with E-state index in [1.165, 1.54) is 0 Å². The monoisotopic (exact) mass is 322 g/mol. The van der Waals surface area contributed by atoms with Crippen molar-refractivity contribution in [1.82, 2.24) is 9.97 Å². The van der Waals surface area contributed by atoms with Crippen molar-refractivity contribution >= 4 is 17.5 Å². The van der Waals surface area contributed by atoms with Crippen LogP contribution in [-0.4, -0.2) is 42.7 Å². The van der Waals surface area contributed by atoms with Crippen LogP contribution in [0.1, 0.15) is 18.2 Å². The third-order valence-electron chi connectivity index (χ3n) is 4.12. The summed E-state index contributed by atoms with van der Waals surface area (Å²) in [5.41, 5.74) is 2.83. The first kappa shape index (κ1) is 16.1. The molecule has 0 bridgehead atoms. The van der Waals surface area contributed by atoms with Crippen molar-refractivity contribution in [2.24, 2.45) is 0 Å². The van der Waals surface area contributed by atoms with E-state index in [1.807, 2.05) is 37.3 Å². The maximum absolute atomic E-state index is 8.89. The minimum Gasteiger partial charge on any atom is -0.370 e. The first-order valence-electron chi connectivity index (χ1n) is 8.29. The fourth-order valence-corrected chi connectivity index (χ4v) is 2.88. The minimum atomic E-state index is 0.696. The molecule has 0 spiro atoms. The van der Waals surface area contributed by atoms with Gasteiger partial charge >= 0.3 is 0 Å². The molecule has 0 atom stereocenters. The summed E-state index contributed by atoms with van der Waals surface area (Å²) in [6.45, 7) is 8.51. The molecule has 1 fully saturated rings. The predicted octanol–water partition coefficient (Wildman–Crippen LogP) is 2.42. The van der Waals surface area contributed by atoms with E-state index in [0.29, 0.717) is 5.56 Å². The van der Waals surface area contributed by atoms with Crippen LogP contribution < -0.4 is 15.1 Å². The first-order chi connectivity index (χ1) is 11.7. The fraction of sp³-hybridized carbons (Fsp3) is 0.389. The number of anilines is 3. The zero-order valence-corrected chi connectivity index (χ0v) is 14.2. The molecule has 0 radical (unpaired) electrons. The van der Waals surface area contributed by atoms with Crippen molar-refractivity contribution in [1.29, 1.82) is 5.26 Å². The minimum absolute atomic E-state index is 0.696. The number of rotatable bonds is 4. The fourth-order valence-electron chi connectivity index (χ4n) is 2.88. The van der Waals surface area contributed by atoms with E-state index in [2.05, 4.69) is 38.1 Å². The summed E-state index contributed by atoms with van der Waals surface area (Å²) in [4.78, 5) is 13.8. The molecule has 1 aromatic carbocycles. The summed E-state index contributed by atoms with van der Waals surface area (Å²) in [7, 11) is 0. The van der Waals surface area contributed by atoms with Gasteiger partial charge in [0.1, 0.15) is 5.82 Å². The molecular weight excluding hydrogens is 300 g/mol. The van der Waals surface area contributed by atoms with Crippen molar-refractivity contribution in [2.45, 2.75) is 13.8 Å². The summed E-state index contributed by atoms with van der Waals surface area (Å²) >= 11 is 0. The third-order valence-corrected chi connectivity index (χ3v) is 4.12. The zero-order chi connectivity index (χ0) is 16.9. The van der Waals surface area contributed by atoms with E-state index < -0.39 is 0 Å². The summed E-state index contributed by atoms with van der Waals surface area (Å²) < 4.78 is 0. The van der Waals surface area contributed by atoms with Gasteiger partial charge in [0.05, 0.1) is 11.6 Å². The molecule has 1 saturated heterocycles. The van der Waals surface area contributed by atoms with Crippen molar-refractivity contribution in [3.63, 3.8) is 0 Å². The smallest absolute Gasteiger partial charge is 0.227 e. The lowest BCUT2D eigenvalue weighted by Crippen LogP contribution is -2.47. The Labute approximate surface area is 142 Å². The van der Waals surface area contributed by atoms with Crippen LogP contribution in [0.25, 0.3) is 0 Å². The van der Waals surface area contributed by atoms with Gasteiger partial charge in [-0.15, -0.1) is 0 Å². The highest BCUT2D eigenvalue weighted by molar-refractivity contribution is 5.52. The van der Waals surface area contributed by atoms with E-state index in [0.717, 1.165) is 55.9 Å². The van der Waals surface area contributed by atoms with Crippen molar-refractivity contribution in [2.75, 3.05) is 47.8 Å². The molecule has 24 heavy (non-hydrogen) atoms. The lowest BCUT2D eigenvalue weighted by Gasteiger charge is -2.36. The van der Waals surface area contributed by atoms with Gasteiger partial charge in [0.25, 0.3) is 0 Å². The first-order valence-corrected chi connectivity index (χ1v) is 8.29. The number of benzene rings is 1. The summed E-state index contributed by atoms with van der Waals surface area (Å²) in [6.07, 6.45) is 0. The average molecular weight is 322 g/mol. The topological polar surface area (TPSA) is 68.1 Å². The van der Waals surface area contributed by atoms with Crippen LogP contribution in [0.15, 0.2) is 30.3 Å². The zero-order valence-electron chi connectivity index (χ0n) is 14.2. The number of aromatic nitrogens is 2. The maximum atomic E-state index is 8.89. The van der Waals surface area contributed by atoms with Gasteiger partial charge in [-0.05, 0) is 38.1 Å². The lowest BCUT2D eigenvalue weighted by atomic mass is 10.2. The average Bonchev–Trinajstić information content (AvgIpc) is 2.62. The second-order valence-corrected chi connectivity index (χ2v) is 5.86. The molecule has 1 N–H and O–H groups in total. The molecule has 6 heteroatoms. The van der Waals surface area contributed by atoms with Gasteiger partial charge in [-0.1, -0.05) is 0 Å². The molecule has 124 valence electrons. The summed E-state index contributed by atoms with van der Waals surface area (Å²) in [5, 5.41) is 12.2. The van der Waals surface area contributed by atoms with E-state index in [4.69, 9.17) is 5.26 Å². The number of nitrogens with one attached hydrogen (secondary N) is 1. The van der Waals surface area contributed by atoms with Crippen LogP contribution >= 0.6 is 0 Å². The van der Waals surface area contributed by atoms with Gasteiger partial charge in [0.2, 0.25) is 5.95 Å². The molecule has 0 saturated carbocycles. The lowest BCUT2D eigenvalue weighted by molar-refractivity contribution is 0.639. The van der Waals surface area contributed by atoms with Crippen LogP contribution in [0.5, 0.6) is 0 Å². The molecule has 2 heterocycles. The molecule has 0 amide bonds. The Morgan fingerprint density at radius 3 is 2.38 bits per heavy atom. The van der Waals surface area contributed by atoms with Crippen LogP contribution in [0.3, 0.4) is 0 Å². The quantitative estimate of drug-likeness (QED) is 0.932. The highest BCUT2D eigenvalue weighted by atomic mass is 15.3. The van der Waals surface area contributed by atoms with Crippen molar-refractivity contribution < 1.29 is 0 Å². The van der Waals surface area contributed by atoms with Crippen molar-refractivity contribution in [3.05, 3.63) is 41.6 Å². The molecule has 6 nitrogen and oxygen atoms in total. The van der Waals surface area contributed by atoms with E-state index >= 15 is 0 Å². The van der Waals surface area contributed by atoms with Crippen molar-refractivity contribution in [3.8, 4) is 6.07 Å². The molecule has 3 rings (SSSR count). The summed E-state index contributed by atoms with van der Waals surface area (Å²) in [5.74, 6) is 1.68. The van der Waals surface area contributed by atoms with Crippen LogP contribution in [0.2, 0.25) is 0 Å². The molecule has 0 aliphatic carbocycles. The highest BCUT2D eigenvalue weighted by Gasteiger charge is 2.20. The molecule has 1 aromatic heterocycles. The Bertz CT molecular complexity index is 726. The number of hydrogen-bond donors (Lipinski definition) is 1. The van der Waals surface area contributed by atoms with Crippen LogP contribution in [0, 0.1) is 18.3 Å². The highest BCUT2D eigenvalue weighted by Crippen LogP contribution is 2.20. The molecular formula is C18H22N6. The maximum Gasteiger partial charge on any atom is 0.227 e. The number of nitriles is 1.